The topological polar surface area (TPSA) is 53.4 Å². The van der Waals surface area contributed by atoms with E-state index in [1.807, 2.05) is 18.2 Å². The first-order valence-electron chi connectivity index (χ1n) is 6.11. The van der Waals surface area contributed by atoms with E-state index in [1.54, 1.807) is 6.20 Å². The molecule has 1 aromatic rings. The van der Waals surface area contributed by atoms with Gasteiger partial charge in [0.1, 0.15) is 0 Å². The van der Waals surface area contributed by atoms with Gasteiger partial charge >= 0.3 is 5.97 Å². The Morgan fingerprint density at radius 1 is 1.53 bits per heavy atom. The largest absolute Gasteiger partial charge is 0.481 e. The molecule has 1 fully saturated rings. The molecule has 1 aliphatic heterocycles. The summed E-state index contributed by atoms with van der Waals surface area (Å²) in [6.45, 7) is 1.93. The van der Waals surface area contributed by atoms with E-state index in [-0.39, 0.29) is 12.5 Å². The van der Waals surface area contributed by atoms with Crippen molar-refractivity contribution in [1.29, 1.82) is 0 Å². The Labute approximate surface area is 101 Å². The lowest BCUT2D eigenvalue weighted by Crippen LogP contribution is -2.33. The Morgan fingerprint density at radius 2 is 2.41 bits per heavy atom. The van der Waals surface area contributed by atoms with Crippen LogP contribution in [0.4, 0.5) is 0 Å². The van der Waals surface area contributed by atoms with Crippen molar-refractivity contribution in [2.24, 2.45) is 0 Å². The Bertz CT molecular complexity index is 367. The molecular formula is C13H18N2O2. The molecule has 4 heteroatoms. The van der Waals surface area contributed by atoms with Crippen molar-refractivity contribution in [3.8, 4) is 0 Å². The van der Waals surface area contributed by atoms with Gasteiger partial charge in [0, 0.05) is 30.9 Å². The number of hydrogen-bond donors (Lipinski definition) is 1. The monoisotopic (exact) mass is 234 g/mol. The quantitative estimate of drug-likeness (QED) is 0.840. The lowest BCUT2D eigenvalue weighted by Gasteiger charge is -2.22. The SMILES string of the molecule is O=C(O)CC1CCCN1CCc1ccccn1. The molecule has 0 radical (unpaired) electrons. The molecule has 0 bridgehead atoms. The molecule has 1 aromatic heterocycles. The lowest BCUT2D eigenvalue weighted by atomic mass is 10.1. The number of likely N-dealkylation sites (tertiary alicyclic amines) is 1. The molecule has 17 heavy (non-hydrogen) atoms. The van der Waals surface area contributed by atoms with Crippen LogP contribution in [0.2, 0.25) is 0 Å². The summed E-state index contributed by atoms with van der Waals surface area (Å²) in [6, 6.07) is 6.13. The lowest BCUT2D eigenvalue weighted by molar-refractivity contribution is -0.138. The van der Waals surface area contributed by atoms with Crippen LogP contribution >= 0.6 is 0 Å². The second-order valence-corrected chi connectivity index (χ2v) is 4.50. The normalized spacial score (nSPS) is 20.6. The first-order valence-corrected chi connectivity index (χ1v) is 6.11. The molecule has 0 amide bonds. The van der Waals surface area contributed by atoms with Gasteiger partial charge in [-0.25, -0.2) is 0 Å². The summed E-state index contributed by atoms with van der Waals surface area (Å²) < 4.78 is 0. The first kappa shape index (κ1) is 12.0. The van der Waals surface area contributed by atoms with E-state index in [1.165, 1.54) is 0 Å². The summed E-state index contributed by atoms with van der Waals surface area (Å²) in [4.78, 5) is 17.3. The van der Waals surface area contributed by atoms with Gasteiger partial charge in [-0.3, -0.25) is 14.7 Å². The van der Waals surface area contributed by atoms with E-state index >= 15 is 0 Å². The van der Waals surface area contributed by atoms with Crippen molar-refractivity contribution in [2.45, 2.75) is 31.7 Å². The van der Waals surface area contributed by atoms with Gasteiger partial charge in [-0.15, -0.1) is 0 Å². The highest BCUT2D eigenvalue weighted by molar-refractivity contribution is 5.67. The third-order valence-electron chi connectivity index (χ3n) is 3.29. The smallest absolute Gasteiger partial charge is 0.304 e. The van der Waals surface area contributed by atoms with E-state index in [9.17, 15) is 4.79 Å². The van der Waals surface area contributed by atoms with Crippen molar-refractivity contribution >= 4 is 5.97 Å². The van der Waals surface area contributed by atoms with E-state index in [2.05, 4.69) is 9.88 Å². The Kier molecular flexibility index (Phi) is 4.09. The minimum atomic E-state index is -0.695. The summed E-state index contributed by atoms with van der Waals surface area (Å²) in [6.07, 6.45) is 5.09. The number of aliphatic carboxylic acids is 1. The fraction of sp³-hybridized carbons (Fsp3) is 0.538. The molecular weight excluding hydrogens is 216 g/mol. The number of carboxylic acids is 1. The highest BCUT2D eigenvalue weighted by atomic mass is 16.4. The number of rotatable bonds is 5. The molecule has 0 spiro atoms. The van der Waals surface area contributed by atoms with Crippen LogP contribution < -0.4 is 0 Å². The van der Waals surface area contributed by atoms with Gasteiger partial charge in [-0.05, 0) is 31.5 Å². The highest BCUT2D eigenvalue weighted by Crippen LogP contribution is 2.20. The van der Waals surface area contributed by atoms with Crippen LogP contribution in [0.5, 0.6) is 0 Å². The van der Waals surface area contributed by atoms with Gasteiger partial charge in [0.2, 0.25) is 0 Å². The van der Waals surface area contributed by atoms with E-state index in [4.69, 9.17) is 5.11 Å². The number of carboxylic acid groups (broad SMARTS) is 1. The van der Waals surface area contributed by atoms with Crippen LogP contribution in [0.3, 0.4) is 0 Å². The number of hydrogen-bond acceptors (Lipinski definition) is 3. The number of aromatic nitrogens is 1. The number of carbonyl (C=O) groups is 1. The Morgan fingerprint density at radius 3 is 3.12 bits per heavy atom. The van der Waals surface area contributed by atoms with Gasteiger partial charge in [-0.1, -0.05) is 6.07 Å². The Hall–Kier alpha value is -1.42. The van der Waals surface area contributed by atoms with Gasteiger partial charge in [0.05, 0.1) is 6.42 Å². The predicted molar refractivity (Wildman–Crippen MR) is 64.8 cm³/mol. The van der Waals surface area contributed by atoms with E-state index in [0.29, 0.717) is 0 Å². The van der Waals surface area contributed by atoms with Crippen LogP contribution in [-0.4, -0.2) is 40.1 Å². The Balaban J connectivity index is 1.84. The maximum atomic E-state index is 10.7. The van der Waals surface area contributed by atoms with Crippen LogP contribution in [0.15, 0.2) is 24.4 Å². The summed E-state index contributed by atoms with van der Waals surface area (Å²) in [5.41, 5.74) is 1.08. The fourth-order valence-electron chi connectivity index (χ4n) is 2.43. The van der Waals surface area contributed by atoms with Crippen LogP contribution in [0.25, 0.3) is 0 Å². The van der Waals surface area contributed by atoms with Crippen LogP contribution in [0, 0.1) is 0 Å². The maximum Gasteiger partial charge on any atom is 0.304 e. The third-order valence-corrected chi connectivity index (χ3v) is 3.29. The highest BCUT2D eigenvalue weighted by Gasteiger charge is 2.25. The summed E-state index contributed by atoms with van der Waals surface area (Å²) in [5, 5.41) is 8.84. The third kappa shape index (κ3) is 3.53. The number of pyridine rings is 1. The zero-order chi connectivity index (χ0) is 12.1. The molecule has 1 atom stereocenters. The van der Waals surface area contributed by atoms with Crippen molar-refractivity contribution < 1.29 is 9.90 Å². The average Bonchev–Trinajstić information content (AvgIpc) is 2.74. The van der Waals surface area contributed by atoms with Crippen molar-refractivity contribution in [3.05, 3.63) is 30.1 Å². The zero-order valence-electron chi connectivity index (χ0n) is 9.88. The zero-order valence-corrected chi connectivity index (χ0v) is 9.88. The summed E-state index contributed by atoms with van der Waals surface area (Å²) >= 11 is 0. The van der Waals surface area contributed by atoms with Crippen LogP contribution in [-0.2, 0) is 11.2 Å². The van der Waals surface area contributed by atoms with Crippen molar-refractivity contribution in [2.75, 3.05) is 13.1 Å². The second kappa shape index (κ2) is 5.77. The minimum absolute atomic E-state index is 0.219. The molecule has 2 rings (SSSR count). The molecule has 1 N–H and O–H groups in total. The predicted octanol–water partition coefficient (Wildman–Crippen LogP) is 1.56. The molecule has 1 aliphatic rings. The van der Waals surface area contributed by atoms with Gasteiger partial charge < -0.3 is 5.11 Å². The molecule has 0 aromatic carbocycles. The van der Waals surface area contributed by atoms with Crippen molar-refractivity contribution in [1.82, 2.24) is 9.88 Å². The molecule has 92 valence electrons. The average molecular weight is 234 g/mol. The second-order valence-electron chi connectivity index (χ2n) is 4.50. The molecule has 1 unspecified atom stereocenters. The fourth-order valence-corrected chi connectivity index (χ4v) is 2.43. The first-order chi connectivity index (χ1) is 8.25. The number of nitrogens with zero attached hydrogens (tertiary/aromatic N) is 2. The molecule has 0 saturated carbocycles. The van der Waals surface area contributed by atoms with Gasteiger partial charge in [0.25, 0.3) is 0 Å². The van der Waals surface area contributed by atoms with Gasteiger partial charge in [-0.2, -0.15) is 0 Å². The van der Waals surface area contributed by atoms with Crippen molar-refractivity contribution in [3.63, 3.8) is 0 Å². The van der Waals surface area contributed by atoms with Crippen LogP contribution in [0.1, 0.15) is 25.0 Å². The maximum absolute atomic E-state index is 10.7. The molecule has 1 saturated heterocycles. The molecule has 0 aliphatic carbocycles. The summed E-state index contributed by atoms with van der Waals surface area (Å²) in [7, 11) is 0. The summed E-state index contributed by atoms with van der Waals surface area (Å²) in [5.74, 6) is -0.695. The standard InChI is InChI=1S/C13H18N2O2/c16-13(17)10-12-5-3-8-15(12)9-6-11-4-1-2-7-14-11/h1-2,4,7,12H,3,5-6,8-10H2,(H,16,17). The minimum Gasteiger partial charge on any atom is -0.481 e. The van der Waals surface area contributed by atoms with E-state index < -0.39 is 5.97 Å². The molecule has 2 heterocycles. The molecule has 4 nitrogen and oxygen atoms in total. The van der Waals surface area contributed by atoms with Gasteiger partial charge in [0.15, 0.2) is 0 Å². The van der Waals surface area contributed by atoms with E-state index in [0.717, 1.165) is 38.0 Å².